The number of rotatable bonds is 8. The molecule has 1 aromatic carbocycles. The van der Waals surface area contributed by atoms with Crippen LogP contribution in [0.2, 0.25) is 0 Å². The maximum atomic E-state index is 12.6. The van der Waals surface area contributed by atoms with E-state index in [-0.39, 0.29) is 30.3 Å². The van der Waals surface area contributed by atoms with Gasteiger partial charge in [-0.2, -0.15) is 10.4 Å². The first kappa shape index (κ1) is 21.8. The Hall–Kier alpha value is -3.47. The fourth-order valence-corrected chi connectivity index (χ4v) is 2.82. The third-order valence-electron chi connectivity index (χ3n) is 4.36. The van der Waals surface area contributed by atoms with E-state index < -0.39 is 11.5 Å². The first-order valence-corrected chi connectivity index (χ1v) is 9.56. The summed E-state index contributed by atoms with van der Waals surface area (Å²) in [4.78, 5) is 24.3. The van der Waals surface area contributed by atoms with Gasteiger partial charge >= 0.3 is 5.97 Å². The summed E-state index contributed by atoms with van der Waals surface area (Å²) in [5.41, 5.74) is 0.747. The molecule has 29 heavy (non-hydrogen) atoms. The molecule has 0 saturated carbocycles. The lowest BCUT2D eigenvalue weighted by Crippen LogP contribution is -2.24. The first-order chi connectivity index (χ1) is 14.0. The van der Waals surface area contributed by atoms with Crippen LogP contribution in [0.5, 0.6) is 5.88 Å². The van der Waals surface area contributed by atoms with E-state index in [1.165, 1.54) is 4.57 Å². The van der Waals surface area contributed by atoms with Gasteiger partial charge in [0.1, 0.15) is 11.6 Å². The maximum Gasteiger partial charge on any atom is 0.338 e. The van der Waals surface area contributed by atoms with Gasteiger partial charge in [0, 0.05) is 12.1 Å². The quantitative estimate of drug-likeness (QED) is 0.525. The highest BCUT2D eigenvalue weighted by molar-refractivity contribution is 5.89. The zero-order valence-corrected chi connectivity index (χ0v) is 16.8. The second kappa shape index (κ2) is 10.2. The average molecular weight is 396 g/mol. The summed E-state index contributed by atoms with van der Waals surface area (Å²) in [5, 5.41) is 28.3. The van der Waals surface area contributed by atoms with E-state index in [9.17, 15) is 20.0 Å². The molecule has 0 spiro atoms. The molecular formula is C21H24N4O4. The molecule has 152 valence electrons. The van der Waals surface area contributed by atoms with Crippen molar-refractivity contribution in [2.24, 2.45) is 10.2 Å². The molecule has 0 bridgehead atoms. The second-order valence-electron chi connectivity index (χ2n) is 6.27. The van der Waals surface area contributed by atoms with Crippen LogP contribution in [0.3, 0.4) is 0 Å². The van der Waals surface area contributed by atoms with Crippen molar-refractivity contribution in [1.29, 1.82) is 5.26 Å². The van der Waals surface area contributed by atoms with E-state index in [4.69, 9.17) is 4.74 Å². The molecule has 0 aliphatic carbocycles. The predicted octanol–water partition coefficient (Wildman–Crippen LogP) is 4.38. The van der Waals surface area contributed by atoms with Crippen molar-refractivity contribution in [3.8, 4) is 11.9 Å². The van der Waals surface area contributed by atoms with E-state index in [2.05, 4.69) is 10.2 Å². The number of aromatic hydroxyl groups is 1. The summed E-state index contributed by atoms with van der Waals surface area (Å²) in [6.45, 7) is 6.05. The number of pyridine rings is 1. The normalized spacial score (nSPS) is 10.8. The standard InChI is InChI=1S/C21H24N4O4/c1-4-7-12-25-19(26)17(13-22)16(5-2)18(20(25)27)24-23-15-10-8-14(9-11-15)21(28)29-6-3/h8-11,27H,4-7,12H2,1-3H3/b24-23+. The van der Waals surface area contributed by atoms with Gasteiger partial charge in [0.2, 0.25) is 5.88 Å². The van der Waals surface area contributed by atoms with Gasteiger partial charge < -0.3 is 9.84 Å². The summed E-state index contributed by atoms with van der Waals surface area (Å²) >= 11 is 0. The van der Waals surface area contributed by atoms with Crippen LogP contribution in [-0.4, -0.2) is 22.2 Å². The molecule has 0 fully saturated rings. The molecule has 0 saturated heterocycles. The lowest BCUT2D eigenvalue weighted by Gasteiger charge is -2.13. The molecule has 0 radical (unpaired) electrons. The molecule has 0 unspecified atom stereocenters. The van der Waals surface area contributed by atoms with Gasteiger partial charge in [0.15, 0.2) is 5.69 Å². The monoisotopic (exact) mass is 396 g/mol. The van der Waals surface area contributed by atoms with Crippen molar-refractivity contribution < 1.29 is 14.6 Å². The second-order valence-corrected chi connectivity index (χ2v) is 6.27. The summed E-state index contributed by atoms with van der Waals surface area (Å²) in [6, 6.07) is 8.25. The summed E-state index contributed by atoms with van der Waals surface area (Å²) < 4.78 is 6.10. The van der Waals surface area contributed by atoms with E-state index in [0.717, 1.165) is 6.42 Å². The molecule has 2 rings (SSSR count). The van der Waals surface area contributed by atoms with Crippen molar-refractivity contribution in [3.05, 3.63) is 51.3 Å². The van der Waals surface area contributed by atoms with Crippen molar-refractivity contribution in [2.45, 2.75) is 46.6 Å². The minimum atomic E-state index is -0.520. The zero-order valence-electron chi connectivity index (χ0n) is 16.8. The number of nitriles is 1. The Kier molecular flexibility index (Phi) is 7.66. The lowest BCUT2D eigenvalue weighted by molar-refractivity contribution is 0.0526. The number of ether oxygens (including phenoxy) is 1. The SMILES string of the molecule is CCCCn1c(O)c(/N=N/c2ccc(C(=O)OCC)cc2)c(CC)c(C#N)c1=O. The highest BCUT2D eigenvalue weighted by atomic mass is 16.5. The van der Waals surface area contributed by atoms with E-state index in [1.54, 1.807) is 38.1 Å². The van der Waals surface area contributed by atoms with Crippen LogP contribution in [-0.2, 0) is 17.7 Å². The molecule has 0 amide bonds. The molecule has 0 aliphatic heterocycles. The number of benzene rings is 1. The van der Waals surface area contributed by atoms with Gasteiger partial charge in [-0.05, 0) is 44.0 Å². The molecular weight excluding hydrogens is 372 g/mol. The average Bonchev–Trinajstić information content (AvgIpc) is 2.73. The Morgan fingerprint density at radius 1 is 1.21 bits per heavy atom. The summed E-state index contributed by atoms with van der Waals surface area (Å²) in [7, 11) is 0. The van der Waals surface area contributed by atoms with Gasteiger partial charge in [-0.25, -0.2) is 4.79 Å². The number of esters is 1. The minimum Gasteiger partial charge on any atom is -0.493 e. The highest BCUT2D eigenvalue weighted by Gasteiger charge is 2.20. The molecule has 1 aromatic heterocycles. The van der Waals surface area contributed by atoms with Gasteiger partial charge in [0.05, 0.1) is 17.9 Å². The van der Waals surface area contributed by atoms with E-state index >= 15 is 0 Å². The van der Waals surface area contributed by atoms with Crippen LogP contribution in [0.4, 0.5) is 11.4 Å². The molecule has 1 heterocycles. The number of carbonyl (C=O) groups excluding carboxylic acids is 1. The van der Waals surface area contributed by atoms with Crippen LogP contribution in [0, 0.1) is 11.3 Å². The van der Waals surface area contributed by atoms with Gasteiger partial charge in [-0.15, -0.1) is 5.11 Å². The number of hydrogen-bond acceptors (Lipinski definition) is 7. The van der Waals surface area contributed by atoms with Crippen molar-refractivity contribution in [2.75, 3.05) is 6.61 Å². The Morgan fingerprint density at radius 3 is 2.45 bits per heavy atom. The number of carbonyl (C=O) groups is 1. The van der Waals surface area contributed by atoms with Crippen LogP contribution in [0.1, 0.15) is 55.1 Å². The van der Waals surface area contributed by atoms with Crippen LogP contribution < -0.4 is 5.56 Å². The number of aromatic nitrogens is 1. The fourth-order valence-electron chi connectivity index (χ4n) is 2.82. The number of azo groups is 1. The number of unbranched alkanes of at least 4 members (excludes halogenated alkanes) is 1. The van der Waals surface area contributed by atoms with Crippen molar-refractivity contribution in [1.82, 2.24) is 4.57 Å². The van der Waals surface area contributed by atoms with Crippen molar-refractivity contribution in [3.63, 3.8) is 0 Å². The largest absolute Gasteiger partial charge is 0.493 e. The van der Waals surface area contributed by atoms with E-state index in [0.29, 0.717) is 29.7 Å². The van der Waals surface area contributed by atoms with E-state index in [1.807, 2.05) is 13.0 Å². The van der Waals surface area contributed by atoms with Gasteiger partial charge in [0.25, 0.3) is 5.56 Å². The summed E-state index contributed by atoms with van der Waals surface area (Å²) in [5.74, 6) is -0.727. The third kappa shape index (κ3) is 4.88. The topological polar surface area (TPSA) is 117 Å². The smallest absolute Gasteiger partial charge is 0.338 e. The molecule has 1 N–H and O–H groups in total. The molecule has 8 heteroatoms. The Labute approximate surface area is 169 Å². The molecule has 0 atom stereocenters. The summed E-state index contributed by atoms with van der Waals surface area (Å²) in [6.07, 6.45) is 1.85. The Balaban J connectivity index is 2.47. The number of hydrogen-bond donors (Lipinski definition) is 1. The van der Waals surface area contributed by atoms with Crippen LogP contribution in [0.25, 0.3) is 0 Å². The van der Waals surface area contributed by atoms with Gasteiger partial charge in [-0.3, -0.25) is 9.36 Å². The maximum absolute atomic E-state index is 12.6. The molecule has 8 nitrogen and oxygen atoms in total. The fraction of sp³-hybridized carbons (Fsp3) is 0.381. The highest BCUT2D eigenvalue weighted by Crippen LogP contribution is 2.33. The van der Waals surface area contributed by atoms with Crippen molar-refractivity contribution >= 4 is 17.3 Å². The number of nitrogens with zero attached hydrogens (tertiary/aromatic N) is 4. The van der Waals surface area contributed by atoms with Gasteiger partial charge in [-0.1, -0.05) is 20.3 Å². The molecule has 0 aliphatic rings. The van der Waals surface area contributed by atoms with Crippen LogP contribution in [0.15, 0.2) is 39.3 Å². The Morgan fingerprint density at radius 2 is 1.90 bits per heavy atom. The predicted molar refractivity (Wildman–Crippen MR) is 108 cm³/mol. The minimum absolute atomic E-state index is 0.0342. The third-order valence-corrected chi connectivity index (χ3v) is 4.36. The molecule has 2 aromatic rings. The zero-order chi connectivity index (χ0) is 21.4. The van der Waals surface area contributed by atoms with Crippen LogP contribution >= 0.6 is 0 Å². The Bertz CT molecular complexity index is 1000. The lowest BCUT2D eigenvalue weighted by atomic mass is 10.1. The first-order valence-electron chi connectivity index (χ1n) is 9.56.